The molecule has 10 unspecified atom stereocenters. The van der Waals surface area contributed by atoms with E-state index in [9.17, 15) is 35.7 Å². The molecule has 0 aromatic carbocycles. The van der Waals surface area contributed by atoms with Crippen molar-refractivity contribution < 1.29 is 54.7 Å². The van der Waals surface area contributed by atoms with E-state index in [-0.39, 0.29) is 6.61 Å². The van der Waals surface area contributed by atoms with Gasteiger partial charge in [-0.15, -0.1) is 0 Å². The van der Waals surface area contributed by atoms with E-state index in [1.165, 1.54) is 0 Å². The lowest BCUT2D eigenvalue weighted by molar-refractivity contribution is -0.359. The van der Waals surface area contributed by atoms with Gasteiger partial charge in [0.05, 0.1) is 19.8 Å². The van der Waals surface area contributed by atoms with Gasteiger partial charge in [0.2, 0.25) is 0 Å². The monoisotopic (exact) mass is 402 g/mol. The van der Waals surface area contributed by atoms with E-state index in [2.05, 4.69) is 12.6 Å². The summed E-state index contributed by atoms with van der Waals surface area (Å²) in [7, 11) is 0. The van der Waals surface area contributed by atoms with Crippen LogP contribution in [0.2, 0.25) is 0 Å². The molecule has 11 nitrogen and oxygen atoms in total. The van der Waals surface area contributed by atoms with Gasteiger partial charge in [-0.3, -0.25) is 0 Å². The highest BCUT2D eigenvalue weighted by Crippen LogP contribution is 2.29. The Morgan fingerprint density at radius 2 is 1.31 bits per heavy atom. The van der Waals surface area contributed by atoms with Crippen LogP contribution in [0.15, 0.2) is 0 Å². The number of thiol groups is 1. The van der Waals surface area contributed by atoms with Crippen molar-refractivity contribution in [2.75, 3.05) is 25.6 Å². The molecular weight excluding hydrogens is 376 g/mol. The number of aliphatic hydroxyl groups excluding tert-OH is 7. The second kappa shape index (κ2) is 9.91. The summed E-state index contributed by atoms with van der Waals surface area (Å²) in [6, 6.07) is 0. The van der Waals surface area contributed by atoms with Crippen molar-refractivity contribution in [3.63, 3.8) is 0 Å². The average Bonchev–Trinajstić information content (AvgIpc) is 2.64. The Balaban J connectivity index is 2.09. The maximum Gasteiger partial charge on any atom is 0.187 e. The number of ether oxygens (including phenoxy) is 4. The quantitative estimate of drug-likeness (QED) is 0.193. The normalized spacial score (nSPS) is 47.1. The average molecular weight is 402 g/mol. The summed E-state index contributed by atoms with van der Waals surface area (Å²) in [5, 5.41) is 68.7. The number of hydrogen-bond donors (Lipinski definition) is 8. The SMILES string of the molecule is OCC1OC(OC2C(CO)OC(OCCS)C(O)C2O)C(O)C(O)C1O. The zero-order chi connectivity index (χ0) is 19.4. The third-order valence-electron chi connectivity index (χ3n) is 4.33. The molecule has 2 saturated heterocycles. The van der Waals surface area contributed by atoms with Gasteiger partial charge < -0.3 is 54.7 Å². The van der Waals surface area contributed by atoms with Gasteiger partial charge in [-0.2, -0.15) is 12.6 Å². The van der Waals surface area contributed by atoms with E-state index >= 15 is 0 Å². The number of aliphatic hydroxyl groups is 7. The molecule has 10 atom stereocenters. The van der Waals surface area contributed by atoms with E-state index in [1.54, 1.807) is 0 Å². The molecule has 2 rings (SSSR count). The van der Waals surface area contributed by atoms with Gasteiger partial charge in [0.15, 0.2) is 12.6 Å². The number of rotatable bonds is 7. The van der Waals surface area contributed by atoms with Gasteiger partial charge in [-0.1, -0.05) is 0 Å². The third-order valence-corrected chi connectivity index (χ3v) is 4.52. The molecule has 2 heterocycles. The highest BCUT2D eigenvalue weighted by molar-refractivity contribution is 7.80. The smallest absolute Gasteiger partial charge is 0.187 e. The van der Waals surface area contributed by atoms with E-state index in [0.717, 1.165) is 0 Å². The first-order valence-corrected chi connectivity index (χ1v) is 8.79. The van der Waals surface area contributed by atoms with Crippen molar-refractivity contribution in [3.8, 4) is 0 Å². The highest BCUT2D eigenvalue weighted by atomic mass is 32.1. The first kappa shape index (κ1) is 22.2. The minimum atomic E-state index is -1.70. The summed E-state index contributed by atoms with van der Waals surface area (Å²) in [4.78, 5) is 0. The minimum absolute atomic E-state index is 0.133. The standard InChI is InChI=1S/C14H26O11S/c15-3-5-7(17)8(18)10(20)14(23-5)25-12-6(4-16)24-13(22-1-2-26)11(21)9(12)19/h5-21,26H,1-4H2. The summed E-state index contributed by atoms with van der Waals surface area (Å²) in [5.41, 5.74) is 0. The lowest BCUT2D eigenvalue weighted by atomic mass is 9.97. The molecule has 2 aliphatic rings. The van der Waals surface area contributed by atoms with E-state index in [0.29, 0.717) is 5.75 Å². The zero-order valence-electron chi connectivity index (χ0n) is 13.8. The molecule has 0 aromatic rings. The van der Waals surface area contributed by atoms with Crippen molar-refractivity contribution in [1.82, 2.24) is 0 Å². The van der Waals surface area contributed by atoms with Crippen LogP contribution in [-0.4, -0.2) is 123 Å². The van der Waals surface area contributed by atoms with E-state index in [1.807, 2.05) is 0 Å². The number of hydrogen-bond acceptors (Lipinski definition) is 12. The maximum atomic E-state index is 10.3. The predicted molar refractivity (Wildman–Crippen MR) is 86.2 cm³/mol. The van der Waals surface area contributed by atoms with Crippen LogP contribution < -0.4 is 0 Å². The molecule has 0 bridgehead atoms. The Hall–Kier alpha value is -0.0900. The van der Waals surface area contributed by atoms with Crippen molar-refractivity contribution in [2.24, 2.45) is 0 Å². The molecule has 0 aliphatic carbocycles. The molecule has 7 N–H and O–H groups in total. The summed E-state index contributed by atoms with van der Waals surface area (Å²) in [6.07, 6.45) is -14.5. The fraction of sp³-hybridized carbons (Fsp3) is 1.00. The van der Waals surface area contributed by atoms with Gasteiger partial charge in [0, 0.05) is 5.75 Å². The van der Waals surface area contributed by atoms with Crippen LogP contribution in [0.5, 0.6) is 0 Å². The molecule has 154 valence electrons. The molecule has 2 fully saturated rings. The first-order valence-electron chi connectivity index (χ1n) is 8.16. The Morgan fingerprint density at radius 1 is 0.731 bits per heavy atom. The molecule has 12 heteroatoms. The molecule has 0 aromatic heterocycles. The van der Waals surface area contributed by atoms with Crippen molar-refractivity contribution in [2.45, 2.75) is 61.4 Å². The van der Waals surface area contributed by atoms with Crippen LogP contribution in [-0.2, 0) is 18.9 Å². The van der Waals surface area contributed by atoms with Crippen LogP contribution in [0.25, 0.3) is 0 Å². The summed E-state index contributed by atoms with van der Waals surface area (Å²) in [5.74, 6) is 0.345. The molecule has 26 heavy (non-hydrogen) atoms. The highest BCUT2D eigenvalue weighted by Gasteiger charge is 2.50. The Kier molecular flexibility index (Phi) is 8.46. The van der Waals surface area contributed by atoms with Gasteiger partial charge >= 0.3 is 0 Å². The second-order valence-electron chi connectivity index (χ2n) is 6.10. The Morgan fingerprint density at radius 3 is 1.88 bits per heavy atom. The van der Waals surface area contributed by atoms with Gasteiger partial charge in [0.1, 0.15) is 48.8 Å². The van der Waals surface area contributed by atoms with E-state index < -0.39 is 74.6 Å². The Labute approximate surface area is 155 Å². The minimum Gasteiger partial charge on any atom is -0.394 e. The van der Waals surface area contributed by atoms with Crippen LogP contribution >= 0.6 is 12.6 Å². The predicted octanol–water partition coefficient (Wildman–Crippen LogP) is -4.44. The second-order valence-corrected chi connectivity index (χ2v) is 6.55. The molecule has 2 aliphatic heterocycles. The molecular formula is C14H26O11S. The zero-order valence-corrected chi connectivity index (χ0v) is 14.7. The van der Waals surface area contributed by atoms with Crippen LogP contribution in [0.4, 0.5) is 0 Å². The summed E-state index contributed by atoms with van der Waals surface area (Å²) < 4.78 is 21.2. The fourth-order valence-electron chi connectivity index (χ4n) is 2.86. The van der Waals surface area contributed by atoms with Crippen LogP contribution in [0, 0.1) is 0 Å². The fourth-order valence-corrected chi connectivity index (χ4v) is 2.97. The van der Waals surface area contributed by atoms with Gasteiger partial charge in [-0.05, 0) is 0 Å². The first-order chi connectivity index (χ1) is 12.3. The van der Waals surface area contributed by atoms with Gasteiger partial charge in [-0.25, -0.2) is 0 Å². The van der Waals surface area contributed by atoms with Crippen molar-refractivity contribution >= 4 is 12.6 Å². The largest absolute Gasteiger partial charge is 0.394 e. The van der Waals surface area contributed by atoms with Crippen molar-refractivity contribution in [3.05, 3.63) is 0 Å². The van der Waals surface area contributed by atoms with Crippen molar-refractivity contribution in [1.29, 1.82) is 0 Å². The van der Waals surface area contributed by atoms with Crippen LogP contribution in [0.3, 0.4) is 0 Å². The lowest BCUT2D eigenvalue weighted by Crippen LogP contribution is -2.64. The van der Waals surface area contributed by atoms with Gasteiger partial charge in [0.25, 0.3) is 0 Å². The summed E-state index contributed by atoms with van der Waals surface area (Å²) in [6.45, 7) is -1.12. The van der Waals surface area contributed by atoms with E-state index in [4.69, 9.17) is 18.9 Å². The third kappa shape index (κ3) is 4.66. The lowest BCUT2D eigenvalue weighted by Gasteiger charge is -2.45. The molecule has 0 radical (unpaired) electrons. The topological polar surface area (TPSA) is 179 Å². The molecule has 0 saturated carbocycles. The molecule has 0 spiro atoms. The summed E-state index contributed by atoms with van der Waals surface area (Å²) >= 11 is 3.96. The van der Waals surface area contributed by atoms with Crippen LogP contribution in [0.1, 0.15) is 0 Å². The maximum absolute atomic E-state index is 10.3. The Bertz CT molecular complexity index is 426. The molecule has 0 amide bonds.